The number of hydrogen-bond donors (Lipinski definition) is 0. The van der Waals surface area contributed by atoms with E-state index in [2.05, 4.69) is 4.99 Å². The highest BCUT2D eigenvalue weighted by Gasteiger charge is 2.54. The summed E-state index contributed by atoms with van der Waals surface area (Å²) in [5.41, 5.74) is 0.573. The van der Waals surface area contributed by atoms with E-state index in [1.54, 1.807) is 11.7 Å². The number of methoxy groups -OCH3 is 2. The molecule has 4 aliphatic rings. The number of nitrogens with zero attached hydrogens (tertiary/aromatic N) is 2. The van der Waals surface area contributed by atoms with E-state index >= 15 is 0 Å². The number of rotatable bonds is 4. The van der Waals surface area contributed by atoms with Crippen LogP contribution in [0, 0.1) is 23.2 Å². The predicted molar refractivity (Wildman–Crippen MR) is 110 cm³/mol. The van der Waals surface area contributed by atoms with E-state index in [1.165, 1.54) is 37.7 Å². The second-order valence-electron chi connectivity index (χ2n) is 9.00. The maximum atomic E-state index is 13.5. The summed E-state index contributed by atoms with van der Waals surface area (Å²) in [5, 5.41) is 0. The Kier molecular flexibility index (Phi) is 4.53. The smallest absolute Gasteiger partial charge is 0.325 e. The van der Waals surface area contributed by atoms with Gasteiger partial charge in [0.2, 0.25) is 0 Å². The number of fused-ring (bicyclic) bond motifs is 1. The van der Waals surface area contributed by atoms with Crippen molar-refractivity contribution in [2.24, 2.45) is 28.2 Å². The highest BCUT2D eigenvalue weighted by Crippen LogP contribution is 2.60. The molecule has 6 rings (SSSR count). The zero-order valence-corrected chi connectivity index (χ0v) is 17.7. The summed E-state index contributed by atoms with van der Waals surface area (Å²) in [4.78, 5) is 30.7. The lowest BCUT2D eigenvalue weighted by molar-refractivity contribution is -0.143. The van der Waals surface area contributed by atoms with Gasteiger partial charge in [-0.3, -0.25) is 9.59 Å². The first kappa shape index (κ1) is 18.9. The molecule has 0 radical (unpaired) electrons. The number of ether oxygens (including phenoxy) is 2. The highest BCUT2D eigenvalue weighted by atomic mass is 32.1. The fourth-order valence-electron chi connectivity index (χ4n) is 6.19. The number of thiazole rings is 1. The fraction of sp³-hybridized carbons (Fsp3) is 0.591. The van der Waals surface area contributed by atoms with E-state index in [-0.39, 0.29) is 23.8 Å². The number of benzene rings is 1. The second kappa shape index (κ2) is 6.97. The van der Waals surface area contributed by atoms with Crippen LogP contribution in [-0.2, 0) is 20.9 Å². The Morgan fingerprint density at radius 1 is 1.14 bits per heavy atom. The molecule has 29 heavy (non-hydrogen) atoms. The first-order chi connectivity index (χ1) is 14.0. The van der Waals surface area contributed by atoms with Crippen molar-refractivity contribution in [3.05, 3.63) is 23.0 Å². The summed E-state index contributed by atoms with van der Waals surface area (Å²) in [5.74, 6) is 2.46. The van der Waals surface area contributed by atoms with Gasteiger partial charge in [0, 0.05) is 0 Å². The monoisotopic (exact) mass is 414 g/mol. The third-order valence-corrected chi connectivity index (χ3v) is 8.14. The van der Waals surface area contributed by atoms with Crippen molar-refractivity contribution in [3.63, 3.8) is 0 Å². The van der Waals surface area contributed by atoms with Gasteiger partial charge in [0.25, 0.3) is 5.91 Å². The minimum atomic E-state index is -0.357. The molecule has 4 saturated carbocycles. The summed E-state index contributed by atoms with van der Waals surface area (Å²) in [6, 6.07) is 5.68. The molecule has 0 atom stereocenters. The largest absolute Gasteiger partial charge is 0.497 e. The number of hydrogen-bond acceptors (Lipinski definition) is 5. The highest BCUT2D eigenvalue weighted by molar-refractivity contribution is 7.16. The van der Waals surface area contributed by atoms with Gasteiger partial charge in [-0.15, -0.1) is 0 Å². The van der Waals surface area contributed by atoms with Crippen LogP contribution in [0.25, 0.3) is 10.2 Å². The average Bonchev–Trinajstić information content (AvgIpc) is 3.02. The van der Waals surface area contributed by atoms with E-state index in [0.29, 0.717) is 22.6 Å². The first-order valence-electron chi connectivity index (χ1n) is 10.3. The summed E-state index contributed by atoms with van der Waals surface area (Å²) in [6.45, 7) is 0.0375. The van der Waals surface area contributed by atoms with Crippen molar-refractivity contribution < 1.29 is 19.1 Å². The Hall–Kier alpha value is -2.15. The van der Waals surface area contributed by atoms with Gasteiger partial charge >= 0.3 is 5.97 Å². The standard InChI is InChI=1S/C22H26N2O4S/c1-27-16-3-4-17-18(8-16)29-21(24(17)12-19(25)28-2)23-20(26)22-9-13-5-14(10-22)7-15(6-13)11-22/h3-4,8,13-15H,5-7,9-12H2,1-2H3. The van der Waals surface area contributed by atoms with Crippen LogP contribution in [0.4, 0.5) is 0 Å². The van der Waals surface area contributed by atoms with E-state index in [0.717, 1.165) is 35.2 Å². The predicted octanol–water partition coefficient (Wildman–Crippen LogP) is 3.53. The van der Waals surface area contributed by atoms with Gasteiger partial charge in [0.05, 0.1) is 29.9 Å². The van der Waals surface area contributed by atoms with Crippen LogP contribution >= 0.6 is 11.3 Å². The maximum Gasteiger partial charge on any atom is 0.325 e. The Morgan fingerprint density at radius 3 is 2.38 bits per heavy atom. The van der Waals surface area contributed by atoms with Crippen molar-refractivity contribution in [2.75, 3.05) is 14.2 Å². The Balaban J connectivity index is 1.58. The van der Waals surface area contributed by atoms with Gasteiger partial charge in [0.15, 0.2) is 4.80 Å². The van der Waals surface area contributed by atoms with Crippen molar-refractivity contribution in [2.45, 2.75) is 45.1 Å². The summed E-state index contributed by atoms with van der Waals surface area (Å²) >= 11 is 1.43. The fourth-order valence-corrected chi connectivity index (χ4v) is 7.25. The van der Waals surface area contributed by atoms with E-state index < -0.39 is 0 Å². The van der Waals surface area contributed by atoms with Crippen LogP contribution in [0.1, 0.15) is 38.5 Å². The van der Waals surface area contributed by atoms with Crippen molar-refractivity contribution in [1.82, 2.24) is 4.57 Å². The van der Waals surface area contributed by atoms with Crippen LogP contribution in [0.5, 0.6) is 5.75 Å². The molecule has 4 bridgehead atoms. The van der Waals surface area contributed by atoms with E-state index in [1.807, 2.05) is 18.2 Å². The third-order valence-electron chi connectivity index (χ3n) is 7.09. The lowest BCUT2D eigenvalue weighted by Gasteiger charge is -2.55. The molecule has 1 aromatic carbocycles. The second-order valence-corrected chi connectivity index (χ2v) is 10.0. The Morgan fingerprint density at radius 2 is 1.79 bits per heavy atom. The van der Waals surface area contributed by atoms with Gasteiger partial charge in [-0.05, 0) is 74.5 Å². The molecule has 0 aliphatic heterocycles. The molecule has 0 saturated heterocycles. The molecule has 2 aromatic rings. The van der Waals surface area contributed by atoms with Gasteiger partial charge in [-0.2, -0.15) is 4.99 Å². The van der Waals surface area contributed by atoms with Gasteiger partial charge in [-0.1, -0.05) is 11.3 Å². The number of carbonyl (C=O) groups excluding carboxylic acids is 2. The summed E-state index contributed by atoms with van der Waals surface area (Å²) < 4.78 is 12.9. The molecule has 0 unspecified atom stereocenters. The molecule has 1 amide bonds. The SMILES string of the molecule is COC(=O)Cn1c(=NC(=O)C23CC4CC(CC(C4)C2)C3)sc2cc(OC)ccc21. The number of aromatic nitrogens is 1. The number of esters is 1. The van der Waals surface area contributed by atoms with Crippen LogP contribution in [0.3, 0.4) is 0 Å². The van der Waals surface area contributed by atoms with Crippen LogP contribution in [-0.4, -0.2) is 30.7 Å². The summed E-state index contributed by atoms with van der Waals surface area (Å²) in [6.07, 6.45) is 6.82. The minimum Gasteiger partial charge on any atom is -0.497 e. The maximum absolute atomic E-state index is 13.5. The minimum absolute atomic E-state index is 0.00809. The molecular weight excluding hydrogens is 388 g/mol. The molecule has 6 nitrogen and oxygen atoms in total. The van der Waals surface area contributed by atoms with Crippen molar-refractivity contribution >= 4 is 33.4 Å². The molecular formula is C22H26N2O4S. The molecule has 7 heteroatoms. The van der Waals surface area contributed by atoms with Crippen molar-refractivity contribution in [1.29, 1.82) is 0 Å². The zero-order valence-electron chi connectivity index (χ0n) is 16.8. The van der Waals surface area contributed by atoms with Crippen LogP contribution in [0.2, 0.25) is 0 Å². The normalized spacial score (nSPS) is 30.7. The molecule has 4 aliphatic carbocycles. The first-order valence-corrected chi connectivity index (χ1v) is 11.1. The van der Waals surface area contributed by atoms with Crippen LogP contribution < -0.4 is 9.54 Å². The van der Waals surface area contributed by atoms with Crippen LogP contribution in [0.15, 0.2) is 23.2 Å². The van der Waals surface area contributed by atoms with Crippen molar-refractivity contribution in [3.8, 4) is 5.75 Å². The molecule has 4 fully saturated rings. The molecule has 154 valence electrons. The lowest BCUT2D eigenvalue weighted by Crippen LogP contribution is -2.50. The summed E-state index contributed by atoms with van der Waals surface area (Å²) in [7, 11) is 3.00. The molecule has 0 spiro atoms. The zero-order chi connectivity index (χ0) is 20.2. The molecule has 1 heterocycles. The van der Waals surface area contributed by atoms with E-state index in [4.69, 9.17) is 9.47 Å². The molecule has 0 N–H and O–H groups in total. The average molecular weight is 415 g/mol. The number of amides is 1. The van der Waals surface area contributed by atoms with E-state index in [9.17, 15) is 9.59 Å². The Bertz CT molecular complexity index is 1020. The Labute approximate surface area is 173 Å². The number of carbonyl (C=O) groups is 2. The van der Waals surface area contributed by atoms with Gasteiger partial charge in [0.1, 0.15) is 12.3 Å². The quantitative estimate of drug-likeness (QED) is 0.718. The van der Waals surface area contributed by atoms with Gasteiger partial charge < -0.3 is 14.0 Å². The molecule has 1 aromatic heterocycles. The topological polar surface area (TPSA) is 69.9 Å². The third kappa shape index (κ3) is 3.19. The lowest BCUT2D eigenvalue weighted by atomic mass is 9.49. The van der Waals surface area contributed by atoms with Gasteiger partial charge in [-0.25, -0.2) is 0 Å².